The van der Waals surface area contributed by atoms with Crippen LogP contribution in [0.5, 0.6) is 0 Å². The van der Waals surface area contributed by atoms with Gasteiger partial charge in [-0.15, -0.1) is 0 Å². The SMILES string of the molecule is CN(C)c1ccc(CC(C=O)c2cccc(Cl)c2)cc1. The molecule has 2 aromatic rings. The van der Waals surface area contributed by atoms with Crippen LogP contribution in [-0.4, -0.2) is 20.4 Å². The summed E-state index contributed by atoms with van der Waals surface area (Å²) >= 11 is 5.98. The number of carbonyl (C=O) groups is 1. The van der Waals surface area contributed by atoms with Gasteiger partial charge < -0.3 is 9.69 Å². The minimum Gasteiger partial charge on any atom is -0.378 e. The number of anilines is 1. The molecule has 0 saturated carbocycles. The van der Waals surface area contributed by atoms with Crippen molar-refractivity contribution < 1.29 is 4.79 Å². The van der Waals surface area contributed by atoms with Gasteiger partial charge in [0, 0.05) is 30.7 Å². The fourth-order valence-electron chi connectivity index (χ4n) is 2.17. The van der Waals surface area contributed by atoms with Crippen molar-refractivity contribution in [3.63, 3.8) is 0 Å². The molecule has 0 bridgehead atoms. The maximum atomic E-state index is 11.3. The smallest absolute Gasteiger partial charge is 0.127 e. The number of benzene rings is 2. The Hall–Kier alpha value is -1.80. The van der Waals surface area contributed by atoms with Gasteiger partial charge in [-0.2, -0.15) is 0 Å². The van der Waals surface area contributed by atoms with Gasteiger partial charge in [-0.3, -0.25) is 0 Å². The fourth-order valence-corrected chi connectivity index (χ4v) is 2.36. The first-order chi connectivity index (χ1) is 9.60. The molecule has 0 fully saturated rings. The summed E-state index contributed by atoms with van der Waals surface area (Å²) < 4.78 is 0. The first-order valence-corrected chi connectivity index (χ1v) is 6.95. The molecule has 0 radical (unpaired) electrons. The molecule has 0 aliphatic rings. The molecule has 0 aromatic heterocycles. The van der Waals surface area contributed by atoms with Gasteiger partial charge in [-0.25, -0.2) is 0 Å². The molecule has 0 saturated heterocycles. The highest BCUT2D eigenvalue weighted by atomic mass is 35.5. The largest absolute Gasteiger partial charge is 0.378 e. The van der Waals surface area contributed by atoms with E-state index in [1.807, 2.05) is 38.4 Å². The molecule has 104 valence electrons. The van der Waals surface area contributed by atoms with Gasteiger partial charge in [0.2, 0.25) is 0 Å². The van der Waals surface area contributed by atoms with Crippen LogP contribution in [0, 0.1) is 0 Å². The number of carbonyl (C=O) groups excluding carboxylic acids is 1. The molecule has 2 nitrogen and oxygen atoms in total. The highest BCUT2D eigenvalue weighted by Crippen LogP contribution is 2.23. The van der Waals surface area contributed by atoms with E-state index in [1.165, 1.54) is 0 Å². The summed E-state index contributed by atoms with van der Waals surface area (Å²) in [5, 5.41) is 0.664. The van der Waals surface area contributed by atoms with Crippen molar-refractivity contribution in [1.82, 2.24) is 0 Å². The molecule has 3 heteroatoms. The van der Waals surface area contributed by atoms with Crippen molar-refractivity contribution >= 4 is 23.6 Å². The number of aldehydes is 1. The summed E-state index contributed by atoms with van der Waals surface area (Å²) in [6.07, 6.45) is 1.68. The maximum Gasteiger partial charge on any atom is 0.127 e. The Morgan fingerprint density at radius 3 is 2.40 bits per heavy atom. The molecule has 0 amide bonds. The summed E-state index contributed by atoms with van der Waals surface area (Å²) in [5.41, 5.74) is 3.26. The van der Waals surface area contributed by atoms with Crippen LogP contribution < -0.4 is 4.90 Å². The van der Waals surface area contributed by atoms with Crippen LogP contribution >= 0.6 is 11.6 Å². The lowest BCUT2D eigenvalue weighted by molar-refractivity contribution is -0.109. The van der Waals surface area contributed by atoms with E-state index < -0.39 is 0 Å². The van der Waals surface area contributed by atoms with Crippen LogP contribution in [0.15, 0.2) is 48.5 Å². The molecule has 0 spiro atoms. The normalized spacial score (nSPS) is 11.9. The molecule has 0 heterocycles. The van der Waals surface area contributed by atoms with Crippen LogP contribution in [0.25, 0.3) is 0 Å². The van der Waals surface area contributed by atoms with Crippen molar-refractivity contribution in [2.45, 2.75) is 12.3 Å². The van der Waals surface area contributed by atoms with Crippen molar-refractivity contribution in [2.75, 3.05) is 19.0 Å². The van der Waals surface area contributed by atoms with E-state index in [9.17, 15) is 4.79 Å². The van der Waals surface area contributed by atoms with E-state index in [-0.39, 0.29) is 5.92 Å². The van der Waals surface area contributed by atoms with Crippen LogP contribution in [-0.2, 0) is 11.2 Å². The molecule has 20 heavy (non-hydrogen) atoms. The Morgan fingerprint density at radius 2 is 1.85 bits per heavy atom. The predicted molar refractivity (Wildman–Crippen MR) is 84.7 cm³/mol. The van der Waals surface area contributed by atoms with Gasteiger partial charge in [0.1, 0.15) is 6.29 Å². The molecule has 1 unspecified atom stereocenters. The number of halogens is 1. The summed E-state index contributed by atoms with van der Waals surface area (Å²) in [5.74, 6) is -0.154. The monoisotopic (exact) mass is 287 g/mol. The van der Waals surface area contributed by atoms with Gasteiger partial charge in [0.15, 0.2) is 0 Å². The number of rotatable bonds is 5. The quantitative estimate of drug-likeness (QED) is 0.777. The average molecular weight is 288 g/mol. The zero-order chi connectivity index (χ0) is 14.5. The van der Waals surface area contributed by atoms with Gasteiger partial charge in [-0.05, 0) is 41.8 Å². The lowest BCUT2D eigenvalue weighted by Gasteiger charge is -2.14. The standard InChI is InChI=1S/C17H18ClNO/c1-19(2)17-8-6-13(7-9-17)10-15(12-20)14-4-3-5-16(18)11-14/h3-9,11-12,15H,10H2,1-2H3. The zero-order valence-corrected chi connectivity index (χ0v) is 12.5. The molecule has 1 atom stereocenters. The molecule has 0 aliphatic carbocycles. The van der Waals surface area contributed by atoms with Gasteiger partial charge in [-0.1, -0.05) is 35.9 Å². The lowest BCUT2D eigenvalue weighted by Crippen LogP contribution is -2.09. The zero-order valence-electron chi connectivity index (χ0n) is 11.7. The van der Waals surface area contributed by atoms with E-state index in [0.29, 0.717) is 11.4 Å². The third-order valence-corrected chi connectivity index (χ3v) is 3.58. The summed E-state index contributed by atoms with van der Waals surface area (Å²) in [4.78, 5) is 13.4. The summed E-state index contributed by atoms with van der Waals surface area (Å²) in [6, 6.07) is 15.8. The average Bonchev–Trinajstić information content (AvgIpc) is 2.45. The number of hydrogen-bond acceptors (Lipinski definition) is 2. The second kappa shape index (κ2) is 6.58. The second-order valence-electron chi connectivity index (χ2n) is 5.06. The van der Waals surface area contributed by atoms with Crippen LogP contribution in [0.4, 0.5) is 5.69 Å². The number of hydrogen-bond donors (Lipinski definition) is 0. The maximum absolute atomic E-state index is 11.3. The van der Waals surface area contributed by atoms with E-state index in [2.05, 4.69) is 29.2 Å². The molecule has 0 aliphatic heterocycles. The third-order valence-electron chi connectivity index (χ3n) is 3.35. The Morgan fingerprint density at radius 1 is 1.15 bits per heavy atom. The van der Waals surface area contributed by atoms with E-state index in [4.69, 9.17) is 11.6 Å². The Balaban J connectivity index is 2.16. The first kappa shape index (κ1) is 14.6. The van der Waals surface area contributed by atoms with Crippen molar-refractivity contribution in [1.29, 1.82) is 0 Å². The topological polar surface area (TPSA) is 20.3 Å². The Kier molecular flexibility index (Phi) is 4.80. The van der Waals surface area contributed by atoms with Crippen molar-refractivity contribution in [2.24, 2.45) is 0 Å². The van der Waals surface area contributed by atoms with Gasteiger partial charge in [0.25, 0.3) is 0 Å². The third kappa shape index (κ3) is 3.61. The van der Waals surface area contributed by atoms with Crippen molar-refractivity contribution in [3.8, 4) is 0 Å². The predicted octanol–water partition coefficient (Wildman–Crippen LogP) is 3.93. The van der Waals surface area contributed by atoms with Gasteiger partial charge >= 0.3 is 0 Å². The van der Waals surface area contributed by atoms with Gasteiger partial charge in [0.05, 0.1) is 0 Å². The molecule has 0 N–H and O–H groups in total. The minimum atomic E-state index is -0.154. The number of nitrogens with zero attached hydrogens (tertiary/aromatic N) is 1. The Bertz CT molecular complexity index is 578. The van der Waals surface area contributed by atoms with E-state index >= 15 is 0 Å². The van der Waals surface area contributed by atoms with Crippen LogP contribution in [0.1, 0.15) is 17.0 Å². The van der Waals surface area contributed by atoms with E-state index in [0.717, 1.165) is 23.1 Å². The molecule has 2 rings (SSSR count). The Labute approximate surface area is 125 Å². The van der Waals surface area contributed by atoms with Crippen LogP contribution in [0.3, 0.4) is 0 Å². The van der Waals surface area contributed by atoms with Crippen molar-refractivity contribution in [3.05, 3.63) is 64.7 Å². The summed E-state index contributed by atoms with van der Waals surface area (Å²) in [7, 11) is 4.02. The highest BCUT2D eigenvalue weighted by Gasteiger charge is 2.12. The summed E-state index contributed by atoms with van der Waals surface area (Å²) in [6.45, 7) is 0. The van der Waals surface area contributed by atoms with Crippen LogP contribution in [0.2, 0.25) is 5.02 Å². The molecule has 2 aromatic carbocycles. The first-order valence-electron chi connectivity index (χ1n) is 6.57. The minimum absolute atomic E-state index is 0.154. The highest BCUT2D eigenvalue weighted by molar-refractivity contribution is 6.30. The molecular weight excluding hydrogens is 270 g/mol. The lowest BCUT2D eigenvalue weighted by atomic mass is 9.93. The fraction of sp³-hybridized carbons (Fsp3) is 0.235. The molecular formula is C17H18ClNO. The second-order valence-corrected chi connectivity index (χ2v) is 5.50. The van der Waals surface area contributed by atoms with E-state index in [1.54, 1.807) is 0 Å².